The molecule has 214 valence electrons. The predicted molar refractivity (Wildman–Crippen MR) is 155 cm³/mol. The first-order valence-electron chi connectivity index (χ1n) is 13.7. The molecule has 4 rings (SSSR count). The Hall–Kier alpha value is -4.65. The van der Waals surface area contributed by atoms with Gasteiger partial charge in [0.1, 0.15) is 11.9 Å². The van der Waals surface area contributed by atoms with Crippen LogP contribution in [0.4, 0.5) is 5.69 Å². The standard InChI is InChI=1S/C31H34N4O6/c1-5-16-35(27-14-10-21-17-26-24(18-23(21)27)30(38)33-19(4)32-26)22-11-8-20(9-12-22)29(37)34-25(31(39)41-7-3)13-15-28(36)40-6-2/h1,8-9,11-12,17-18,25,27H,6-7,10,13-16H2,2-4H3,(H,34,37)(H,32,33,38)/t25-,27+/m0/s1. The Morgan fingerprint density at radius 3 is 2.59 bits per heavy atom. The molecular formula is C31H34N4O6. The minimum atomic E-state index is -0.990. The summed E-state index contributed by atoms with van der Waals surface area (Å²) >= 11 is 0. The van der Waals surface area contributed by atoms with Gasteiger partial charge in [0.2, 0.25) is 0 Å². The topological polar surface area (TPSA) is 131 Å². The van der Waals surface area contributed by atoms with E-state index in [0.29, 0.717) is 28.8 Å². The summed E-state index contributed by atoms with van der Waals surface area (Å²) in [6.45, 7) is 5.84. The van der Waals surface area contributed by atoms with Gasteiger partial charge in [0.15, 0.2) is 0 Å². The number of hydrogen-bond donors (Lipinski definition) is 2. The largest absolute Gasteiger partial charge is 0.466 e. The summed E-state index contributed by atoms with van der Waals surface area (Å²) in [4.78, 5) is 59.2. The van der Waals surface area contributed by atoms with Crippen LogP contribution in [0.15, 0.2) is 41.2 Å². The molecule has 10 nitrogen and oxygen atoms in total. The lowest BCUT2D eigenvalue weighted by Crippen LogP contribution is -2.42. The van der Waals surface area contributed by atoms with Crippen LogP contribution in [0.3, 0.4) is 0 Å². The van der Waals surface area contributed by atoms with E-state index in [0.717, 1.165) is 29.7 Å². The number of nitrogens with zero attached hydrogens (tertiary/aromatic N) is 2. The van der Waals surface area contributed by atoms with Gasteiger partial charge in [-0.25, -0.2) is 9.78 Å². The zero-order valence-corrected chi connectivity index (χ0v) is 23.5. The van der Waals surface area contributed by atoms with Gasteiger partial charge in [0.25, 0.3) is 11.5 Å². The number of aromatic nitrogens is 2. The summed E-state index contributed by atoms with van der Waals surface area (Å²) < 4.78 is 10.0. The number of nitrogens with one attached hydrogen (secondary N) is 2. The Kier molecular flexibility index (Phi) is 9.40. The summed E-state index contributed by atoms with van der Waals surface area (Å²) in [6.07, 6.45) is 7.41. The van der Waals surface area contributed by atoms with E-state index in [1.165, 1.54) is 0 Å². The average Bonchev–Trinajstić information content (AvgIpc) is 3.35. The molecule has 2 atom stereocenters. The van der Waals surface area contributed by atoms with Crippen LogP contribution in [0.5, 0.6) is 0 Å². The van der Waals surface area contributed by atoms with Crippen molar-refractivity contribution in [2.24, 2.45) is 0 Å². The van der Waals surface area contributed by atoms with Crippen molar-refractivity contribution in [3.05, 3.63) is 69.3 Å². The van der Waals surface area contributed by atoms with E-state index in [2.05, 4.69) is 26.1 Å². The van der Waals surface area contributed by atoms with Crippen molar-refractivity contribution in [1.29, 1.82) is 0 Å². The van der Waals surface area contributed by atoms with Gasteiger partial charge in [-0.05, 0) is 87.6 Å². The van der Waals surface area contributed by atoms with Crippen molar-refractivity contribution in [2.45, 2.75) is 58.5 Å². The molecule has 1 aromatic heterocycles. The van der Waals surface area contributed by atoms with Crippen LogP contribution in [0.1, 0.15) is 66.5 Å². The molecule has 0 aliphatic heterocycles. The first-order chi connectivity index (χ1) is 19.7. The second-order valence-corrected chi connectivity index (χ2v) is 9.77. The number of terminal acetylenes is 1. The summed E-state index contributed by atoms with van der Waals surface area (Å²) in [5.41, 5.74) is 3.81. The first kappa shape index (κ1) is 29.3. The molecule has 0 spiro atoms. The van der Waals surface area contributed by atoms with E-state index in [-0.39, 0.29) is 37.7 Å². The Morgan fingerprint density at radius 1 is 1.17 bits per heavy atom. The number of esters is 2. The van der Waals surface area contributed by atoms with Crippen LogP contribution in [0, 0.1) is 19.3 Å². The molecule has 10 heteroatoms. The number of amides is 1. The van der Waals surface area contributed by atoms with Gasteiger partial charge in [0.05, 0.1) is 36.7 Å². The van der Waals surface area contributed by atoms with Crippen LogP contribution in [0.25, 0.3) is 10.9 Å². The van der Waals surface area contributed by atoms with E-state index in [1.807, 2.05) is 12.1 Å². The smallest absolute Gasteiger partial charge is 0.328 e. The highest BCUT2D eigenvalue weighted by Gasteiger charge is 2.29. The lowest BCUT2D eigenvalue weighted by Gasteiger charge is -2.30. The molecule has 41 heavy (non-hydrogen) atoms. The maximum absolute atomic E-state index is 13.0. The second-order valence-electron chi connectivity index (χ2n) is 9.77. The molecule has 0 fully saturated rings. The lowest BCUT2D eigenvalue weighted by molar-refractivity contribution is -0.146. The van der Waals surface area contributed by atoms with Gasteiger partial charge in [-0.1, -0.05) is 5.92 Å². The zero-order valence-electron chi connectivity index (χ0n) is 23.5. The van der Waals surface area contributed by atoms with Gasteiger partial charge in [-0.2, -0.15) is 0 Å². The number of ether oxygens (including phenoxy) is 2. The van der Waals surface area contributed by atoms with Gasteiger partial charge in [-0.15, -0.1) is 6.42 Å². The second kappa shape index (κ2) is 13.1. The van der Waals surface area contributed by atoms with E-state index < -0.39 is 23.9 Å². The molecule has 1 heterocycles. The minimum Gasteiger partial charge on any atom is -0.466 e. The predicted octanol–water partition coefficient (Wildman–Crippen LogP) is 3.36. The maximum atomic E-state index is 13.0. The van der Waals surface area contributed by atoms with E-state index in [9.17, 15) is 19.2 Å². The van der Waals surface area contributed by atoms with Crippen molar-refractivity contribution >= 4 is 34.4 Å². The SMILES string of the molecule is C#CCN(c1ccc(C(=O)N[C@@H](CCC(=O)OCC)C(=O)OCC)cc1)[C@@H]1CCc2cc3nc(C)[nH]c(=O)c3cc21. The third-order valence-corrected chi connectivity index (χ3v) is 7.05. The number of hydrogen-bond acceptors (Lipinski definition) is 8. The Morgan fingerprint density at radius 2 is 1.90 bits per heavy atom. The number of anilines is 1. The van der Waals surface area contributed by atoms with Gasteiger partial charge >= 0.3 is 11.9 Å². The molecule has 0 saturated heterocycles. The maximum Gasteiger partial charge on any atom is 0.328 e. The number of carbonyl (C=O) groups excluding carboxylic acids is 3. The average molecular weight is 559 g/mol. The van der Waals surface area contributed by atoms with Crippen molar-refractivity contribution in [1.82, 2.24) is 15.3 Å². The zero-order chi connectivity index (χ0) is 29.5. The van der Waals surface area contributed by atoms with Crippen molar-refractivity contribution in [3.63, 3.8) is 0 Å². The number of rotatable bonds is 11. The van der Waals surface area contributed by atoms with Crippen molar-refractivity contribution < 1.29 is 23.9 Å². The fourth-order valence-electron chi connectivity index (χ4n) is 5.17. The molecule has 1 aliphatic carbocycles. The number of aryl methyl sites for hydroxylation is 2. The molecule has 0 saturated carbocycles. The quantitative estimate of drug-likeness (QED) is 0.271. The summed E-state index contributed by atoms with van der Waals surface area (Å²) in [5, 5.41) is 3.21. The third-order valence-electron chi connectivity index (χ3n) is 7.05. The summed E-state index contributed by atoms with van der Waals surface area (Å²) in [7, 11) is 0. The highest BCUT2D eigenvalue weighted by Crippen LogP contribution is 2.39. The van der Waals surface area contributed by atoms with E-state index >= 15 is 0 Å². The summed E-state index contributed by atoms with van der Waals surface area (Å²) in [5.74, 6) is 1.76. The Bertz CT molecular complexity index is 1540. The van der Waals surface area contributed by atoms with Crippen LogP contribution < -0.4 is 15.8 Å². The minimum absolute atomic E-state index is 0.0305. The number of carbonyl (C=O) groups is 3. The molecule has 2 aromatic carbocycles. The molecule has 1 aliphatic rings. The number of fused-ring (bicyclic) bond motifs is 2. The third kappa shape index (κ3) is 6.74. The first-order valence-corrected chi connectivity index (χ1v) is 13.7. The monoisotopic (exact) mass is 558 g/mol. The summed E-state index contributed by atoms with van der Waals surface area (Å²) in [6, 6.07) is 9.78. The van der Waals surface area contributed by atoms with Crippen LogP contribution in [0.2, 0.25) is 0 Å². The highest BCUT2D eigenvalue weighted by molar-refractivity contribution is 5.97. The molecule has 0 radical (unpaired) electrons. The Labute approximate surface area is 238 Å². The Balaban J connectivity index is 1.54. The van der Waals surface area contributed by atoms with Crippen LogP contribution in [-0.2, 0) is 25.5 Å². The number of aromatic amines is 1. The molecular weight excluding hydrogens is 524 g/mol. The van der Waals surface area contributed by atoms with Crippen molar-refractivity contribution in [3.8, 4) is 12.3 Å². The van der Waals surface area contributed by atoms with E-state index in [4.69, 9.17) is 15.9 Å². The normalized spacial score (nSPS) is 14.5. The number of benzene rings is 2. The van der Waals surface area contributed by atoms with Crippen molar-refractivity contribution in [2.75, 3.05) is 24.7 Å². The van der Waals surface area contributed by atoms with Gasteiger partial charge < -0.3 is 24.7 Å². The molecule has 2 N–H and O–H groups in total. The fourth-order valence-corrected chi connectivity index (χ4v) is 5.17. The van der Waals surface area contributed by atoms with Gasteiger partial charge in [0, 0.05) is 17.7 Å². The van der Waals surface area contributed by atoms with Gasteiger partial charge in [-0.3, -0.25) is 14.4 Å². The molecule has 0 bridgehead atoms. The number of H-pyrrole nitrogens is 1. The molecule has 1 amide bonds. The highest BCUT2D eigenvalue weighted by atomic mass is 16.5. The van der Waals surface area contributed by atoms with Crippen LogP contribution >= 0.6 is 0 Å². The lowest BCUT2D eigenvalue weighted by atomic mass is 10.0. The van der Waals surface area contributed by atoms with Crippen LogP contribution in [-0.4, -0.2) is 53.6 Å². The fraction of sp³-hybridized carbons (Fsp3) is 0.387. The van der Waals surface area contributed by atoms with E-state index in [1.54, 1.807) is 45.0 Å². The molecule has 3 aromatic rings. The molecule has 0 unspecified atom stereocenters.